The quantitative estimate of drug-likeness (QED) is 0.882. The van der Waals surface area contributed by atoms with E-state index in [9.17, 15) is 0 Å². The van der Waals surface area contributed by atoms with Crippen molar-refractivity contribution in [3.05, 3.63) is 15.6 Å². The summed E-state index contributed by atoms with van der Waals surface area (Å²) in [6.07, 6.45) is 2.24. The van der Waals surface area contributed by atoms with Gasteiger partial charge < -0.3 is 10.1 Å². The predicted octanol–water partition coefficient (Wildman–Crippen LogP) is 2.59. The van der Waals surface area contributed by atoms with Gasteiger partial charge in [0.05, 0.1) is 10.7 Å². The van der Waals surface area contributed by atoms with Gasteiger partial charge in [-0.3, -0.25) is 0 Å². The molecule has 1 aromatic heterocycles. The molecule has 0 saturated carbocycles. The molecule has 0 amide bonds. The third kappa shape index (κ3) is 2.81. The Balaban J connectivity index is 1.96. The average molecular weight is 240 g/mol. The van der Waals surface area contributed by atoms with Gasteiger partial charge in [0.15, 0.2) is 0 Å². The number of nitrogens with one attached hydrogen (secondary N) is 1. The summed E-state index contributed by atoms with van der Waals surface area (Å²) in [5.74, 6) is 0. The van der Waals surface area contributed by atoms with Gasteiger partial charge in [-0.05, 0) is 33.6 Å². The molecule has 0 aromatic carbocycles. The average Bonchev–Trinajstić information content (AvgIpc) is 2.59. The molecule has 1 N–H and O–H groups in total. The van der Waals surface area contributed by atoms with Gasteiger partial charge in [0.2, 0.25) is 0 Å². The van der Waals surface area contributed by atoms with Crippen molar-refractivity contribution >= 4 is 11.3 Å². The van der Waals surface area contributed by atoms with Crippen LogP contribution in [0, 0.1) is 13.8 Å². The maximum atomic E-state index is 5.36. The van der Waals surface area contributed by atoms with Gasteiger partial charge in [-0.2, -0.15) is 0 Å². The van der Waals surface area contributed by atoms with Gasteiger partial charge in [0.25, 0.3) is 0 Å². The van der Waals surface area contributed by atoms with Crippen LogP contribution >= 0.6 is 11.3 Å². The number of nitrogens with zero attached hydrogens (tertiary/aromatic N) is 1. The van der Waals surface area contributed by atoms with E-state index in [4.69, 9.17) is 4.74 Å². The Hall–Kier alpha value is -0.450. The molecule has 0 bridgehead atoms. The van der Waals surface area contributed by atoms with Crippen molar-refractivity contribution in [2.75, 3.05) is 13.2 Å². The van der Waals surface area contributed by atoms with Crippen LogP contribution in [0.3, 0.4) is 0 Å². The van der Waals surface area contributed by atoms with E-state index in [2.05, 4.69) is 31.1 Å². The molecule has 1 aliphatic heterocycles. The van der Waals surface area contributed by atoms with Gasteiger partial charge in [-0.15, -0.1) is 11.3 Å². The summed E-state index contributed by atoms with van der Waals surface area (Å²) in [5.41, 5.74) is 1.22. The van der Waals surface area contributed by atoms with E-state index in [-0.39, 0.29) is 0 Å². The minimum absolute atomic E-state index is 0.355. The molecule has 4 heteroatoms. The zero-order valence-electron chi connectivity index (χ0n) is 10.2. The van der Waals surface area contributed by atoms with Crippen LogP contribution in [0.2, 0.25) is 0 Å². The van der Waals surface area contributed by atoms with Crippen molar-refractivity contribution in [2.45, 2.75) is 45.7 Å². The fourth-order valence-electron chi connectivity index (χ4n) is 2.24. The molecular weight excluding hydrogens is 220 g/mol. The molecule has 3 nitrogen and oxygen atoms in total. The summed E-state index contributed by atoms with van der Waals surface area (Å²) in [4.78, 5) is 5.94. The van der Waals surface area contributed by atoms with E-state index in [1.807, 2.05) is 0 Å². The third-order valence-electron chi connectivity index (χ3n) is 3.06. The first kappa shape index (κ1) is 12.0. The van der Waals surface area contributed by atoms with E-state index in [1.54, 1.807) is 11.3 Å². The molecule has 1 atom stereocenters. The lowest BCUT2D eigenvalue weighted by Crippen LogP contribution is -2.36. The van der Waals surface area contributed by atoms with Crippen LogP contribution in [-0.2, 0) is 4.74 Å². The molecule has 2 heterocycles. The third-order valence-corrected chi connectivity index (χ3v) is 3.96. The number of hydrogen-bond donors (Lipinski definition) is 1. The molecular formula is C12H20N2OS. The van der Waals surface area contributed by atoms with Crippen LogP contribution in [0.4, 0.5) is 0 Å². The van der Waals surface area contributed by atoms with Gasteiger partial charge in [0, 0.05) is 30.2 Å². The van der Waals surface area contributed by atoms with Crippen molar-refractivity contribution in [2.24, 2.45) is 0 Å². The first-order valence-electron chi connectivity index (χ1n) is 5.94. The highest BCUT2D eigenvalue weighted by molar-refractivity contribution is 7.11. The summed E-state index contributed by atoms with van der Waals surface area (Å²) in [7, 11) is 0. The maximum Gasteiger partial charge on any atom is 0.0900 e. The minimum atomic E-state index is 0.355. The fraction of sp³-hybridized carbons (Fsp3) is 0.750. The first-order valence-corrected chi connectivity index (χ1v) is 6.76. The second kappa shape index (κ2) is 5.25. The largest absolute Gasteiger partial charge is 0.381 e. The Kier molecular flexibility index (Phi) is 3.95. The van der Waals surface area contributed by atoms with Crippen molar-refractivity contribution in [3.63, 3.8) is 0 Å². The summed E-state index contributed by atoms with van der Waals surface area (Å²) < 4.78 is 5.36. The lowest BCUT2D eigenvalue weighted by molar-refractivity contribution is 0.0753. The smallest absolute Gasteiger partial charge is 0.0900 e. The second-order valence-electron chi connectivity index (χ2n) is 4.45. The van der Waals surface area contributed by atoms with E-state index in [1.165, 1.54) is 10.6 Å². The van der Waals surface area contributed by atoms with E-state index in [0.29, 0.717) is 12.1 Å². The zero-order chi connectivity index (χ0) is 11.5. The standard InChI is InChI=1S/C12H20N2OS/c1-8(12-9(2)16-10(3)14-12)13-11-4-6-15-7-5-11/h8,11,13H,4-7H2,1-3H3. The number of ether oxygens (including phenoxy) is 1. The monoisotopic (exact) mass is 240 g/mol. The minimum Gasteiger partial charge on any atom is -0.381 e. The topological polar surface area (TPSA) is 34.2 Å². The summed E-state index contributed by atoms with van der Waals surface area (Å²) >= 11 is 1.78. The Morgan fingerprint density at radius 2 is 2.06 bits per heavy atom. The first-order chi connectivity index (χ1) is 7.66. The Morgan fingerprint density at radius 3 is 2.62 bits per heavy atom. The molecule has 1 saturated heterocycles. The molecule has 0 radical (unpaired) electrons. The normalized spacial score (nSPS) is 19.9. The van der Waals surface area contributed by atoms with Gasteiger partial charge in [0.1, 0.15) is 0 Å². The van der Waals surface area contributed by atoms with Crippen LogP contribution in [-0.4, -0.2) is 24.2 Å². The SMILES string of the molecule is Cc1nc(C(C)NC2CCOCC2)c(C)s1. The number of thiazole rings is 1. The highest BCUT2D eigenvalue weighted by Gasteiger charge is 2.19. The highest BCUT2D eigenvalue weighted by atomic mass is 32.1. The Labute approximate surface area is 101 Å². The van der Waals surface area contributed by atoms with E-state index >= 15 is 0 Å². The molecule has 1 aromatic rings. The number of aromatic nitrogens is 1. The second-order valence-corrected chi connectivity index (χ2v) is 5.86. The zero-order valence-corrected chi connectivity index (χ0v) is 11.1. The lowest BCUT2D eigenvalue weighted by Gasteiger charge is -2.26. The Morgan fingerprint density at radius 1 is 1.38 bits per heavy atom. The van der Waals surface area contributed by atoms with Crippen molar-refractivity contribution in [3.8, 4) is 0 Å². The fourth-order valence-corrected chi connectivity index (χ4v) is 3.16. The number of rotatable bonds is 3. The maximum absolute atomic E-state index is 5.36. The molecule has 1 aliphatic rings. The van der Waals surface area contributed by atoms with Crippen molar-refractivity contribution < 1.29 is 4.74 Å². The van der Waals surface area contributed by atoms with Crippen molar-refractivity contribution in [1.29, 1.82) is 0 Å². The van der Waals surface area contributed by atoms with E-state index in [0.717, 1.165) is 31.1 Å². The molecule has 0 spiro atoms. The lowest BCUT2D eigenvalue weighted by atomic mass is 10.1. The molecule has 0 aliphatic carbocycles. The van der Waals surface area contributed by atoms with Gasteiger partial charge >= 0.3 is 0 Å². The number of hydrogen-bond acceptors (Lipinski definition) is 4. The molecule has 16 heavy (non-hydrogen) atoms. The Bertz CT molecular complexity index is 345. The molecule has 1 unspecified atom stereocenters. The summed E-state index contributed by atoms with van der Waals surface area (Å²) in [5, 5.41) is 4.81. The number of aryl methyl sites for hydroxylation is 2. The van der Waals surface area contributed by atoms with Gasteiger partial charge in [-0.1, -0.05) is 0 Å². The van der Waals surface area contributed by atoms with Gasteiger partial charge in [-0.25, -0.2) is 4.98 Å². The summed E-state index contributed by atoms with van der Waals surface area (Å²) in [6, 6.07) is 0.943. The molecule has 1 fully saturated rings. The van der Waals surface area contributed by atoms with Crippen molar-refractivity contribution in [1.82, 2.24) is 10.3 Å². The van der Waals surface area contributed by atoms with E-state index < -0.39 is 0 Å². The van der Waals surface area contributed by atoms with Crippen LogP contribution < -0.4 is 5.32 Å². The highest BCUT2D eigenvalue weighted by Crippen LogP contribution is 2.23. The van der Waals surface area contributed by atoms with Crippen LogP contribution in [0.1, 0.15) is 41.4 Å². The molecule has 2 rings (SSSR count). The van der Waals surface area contributed by atoms with Crippen LogP contribution in [0.15, 0.2) is 0 Å². The van der Waals surface area contributed by atoms with Crippen LogP contribution in [0.5, 0.6) is 0 Å². The van der Waals surface area contributed by atoms with Crippen LogP contribution in [0.25, 0.3) is 0 Å². The molecule has 90 valence electrons. The summed E-state index contributed by atoms with van der Waals surface area (Å²) in [6.45, 7) is 8.21. The predicted molar refractivity (Wildman–Crippen MR) is 67.0 cm³/mol.